The third kappa shape index (κ3) is 3.72. The van der Waals surface area contributed by atoms with Crippen LogP contribution in [0.1, 0.15) is 39.5 Å². The molecular formula is C14H24N2O3. The highest BCUT2D eigenvalue weighted by Crippen LogP contribution is 2.32. The number of carboxylic acids is 1. The molecule has 1 rings (SSSR count). The molecule has 0 aromatic rings. The van der Waals surface area contributed by atoms with Crippen LogP contribution in [0.3, 0.4) is 0 Å². The number of likely N-dealkylation sites (N-methyl/N-ethyl adjacent to an activating group) is 1. The van der Waals surface area contributed by atoms with E-state index in [4.69, 9.17) is 0 Å². The molecule has 0 spiro atoms. The fourth-order valence-corrected chi connectivity index (χ4v) is 2.44. The number of carbonyl (C=O) groups is 2. The molecule has 0 unspecified atom stereocenters. The Bertz CT molecular complexity index is 347. The lowest BCUT2D eigenvalue weighted by Gasteiger charge is -2.37. The molecule has 0 aromatic carbocycles. The molecule has 5 nitrogen and oxygen atoms in total. The second-order valence-electron chi connectivity index (χ2n) is 5.33. The average molecular weight is 268 g/mol. The first-order valence-electron chi connectivity index (χ1n) is 6.86. The van der Waals surface area contributed by atoms with Crippen molar-refractivity contribution in [3.05, 3.63) is 12.7 Å². The third-order valence-corrected chi connectivity index (χ3v) is 3.90. The summed E-state index contributed by atoms with van der Waals surface area (Å²) in [6.07, 6.45) is 4.31. The minimum absolute atomic E-state index is 0.320. The normalized spacial score (nSPS) is 26.5. The number of nitrogens with one attached hydrogen (secondary N) is 1. The van der Waals surface area contributed by atoms with Gasteiger partial charge in [-0.25, -0.2) is 9.59 Å². The Labute approximate surface area is 114 Å². The van der Waals surface area contributed by atoms with Crippen LogP contribution in [0.15, 0.2) is 12.7 Å². The van der Waals surface area contributed by atoms with Crippen LogP contribution >= 0.6 is 0 Å². The van der Waals surface area contributed by atoms with Gasteiger partial charge in [-0.3, -0.25) is 0 Å². The Morgan fingerprint density at radius 3 is 2.47 bits per heavy atom. The van der Waals surface area contributed by atoms with Gasteiger partial charge in [0.25, 0.3) is 0 Å². The van der Waals surface area contributed by atoms with E-state index < -0.39 is 11.5 Å². The summed E-state index contributed by atoms with van der Waals surface area (Å²) >= 11 is 0. The lowest BCUT2D eigenvalue weighted by molar-refractivity contribution is -0.146. The number of aliphatic carboxylic acids is 1. The summed E-state index contributed by atoms with van der Waals surface area (Å²) in [7, 11) is 0. The summed E-state index contributed by atoms with van der Waals surface area (Å²) in [6.45, 7) is 8.53. The van der Waals surface area contributed by atoms with E-state index in [-0.39, 0.29) is 6.03 Å². The van der Waals surface area contributed by atoms with Crippen molar-refractivity contribution in [3.63, 3.8) is 0 Å². The van der Waals surface area contributed by atoms with Crippen molar-refractivity contribution in [3.8, 4) is 0 Å². The Morgan fingerprint density at radius 1 is 1.47 bits per heavy atom. The quantitative estimate of drug-likeness (QED) is 0.751. The van der Waals surface area contributed by atoms with Crippen molar-refractivity contribution >= 4 is 12.0 Å². The first-order chi connectivity index (χ1) is 8.95. The van der Waals surface area contributed by atoms with E-state index in [0.717, 1.165) is 12.8 Å². The molecule has 0 radical (unpaired) electrons. The largest absolute Gasteiger partial charge is 0.480 e. The molecule has 1 fully saturated rings. The number of hydrogen-bond acceptors (Lipinski definition) is 2. The van der Waals surface area contributed by atoms with Gasteiger partial charge in [0, 0.05) is 13.1 Å². The Balaban J connectivity index is 2.76. The van der Waals surface area contributed by atoms with E-state index in [1.807, 2.05) is 6.92 Å². The van der Waals surface area contributed by atoms with Gasteiger partial charge >= 0.3 is 12.0 Å². The van der Waals surface area contributed by atoms with E-state index in [2.05, 4.69) is 18.8 Å². The molecule has 0 heterocycles. The summed E-state index contributed by atoms with van der Waals surface area (Å²) in [4.78, 5) is 25.2. The predicted octanol–water partition coefficient (Wildman–Crippen LogP) is 2.24. The van der Waals surface area contributed by atoms with Gasteiger partial charge < -0.3 is 15.3 Å². The Kier molecular flexibility index (Phi) is 5.39. The fourth-order valence-electron chi connectivity index (χ4n) is 2.44. The summed E-state index contributed by atoms with van der Waals surface area (Å²) in [5.41, 5.74) is -1.10. The molecule has 1 aliphatic carbocycles. The molecule has 0 atom stereocenters. The summed E-state index contributed by atoms with van der Waals surface area (Å²) in [5.74, 6) is -0.401. The van der Waals surface area contributed by atoms with Gasteiger partial charge in [-0.1, -0.05) is 13.0 Å². The predicted molar refractivity (Wildman–Crippen MR) is 74.0 cm³/mol. The molecule has 2 N–H and O–H groups in total. The molecule has 108 valence electrons. The number of rotatable bonds is 5. The van der Waals surface area contributed by atoms with Crippen molar-refractivity contribution in [2.45, 2.75) is 45.1 Å². The van der Waals surface area contributed by atoms with Crippen molar-refractivity contribution in [1.82, 2.24) is 10.2 Å². The summed E-state index contributed by atoms with van der Waals surface area (Å²) in [5, 5.41) is 12.2. The van der Waals surface area contributed by atoms with Gasteiger partial charge in [0.15, 0.2) is 0 Å². The number of hydrogen-bond donors (Lipinski definition) is 2. The molecule has 0 saturated heterocycles. The van der Waals surface area contributed by atoms with Crippen LogP contribution in [0.2, 0.25) is 0 Å². The SMILES string of the molecule is C=CCN(CC)C(=O)NC1(C(=O)O)CCC(C)CC1. The van der Waals surface area contributed by atoms with Crippen LogP contribution in [-0.4, -0.2) is 40.6 Å². The van der Waals surface area contributed by atoms with Crippen molar-refractivity contribution < 1.29 is 14.7 Å². The monoisotopic (exact) mass is 268 g/mol. The third-order valence-electron chi connectivity index (χ3n) is 3.90. The molecule has 0 aromatic heterocycles. The Hall–Kier alpha value is -1.52. The van der Waals surface area contributed by atoms with Crippen LogP contribution in [0.5, 0.6) is 0 Å². The molecule has 5 heteroatoms. The highest BCUT2D eigenvalue weighted by Gasteiger charge is 2.43. The number of carboxylic acid groups (broad SMARTS) is 1. The van der Waals surface area contributed by atoms with Crippen LogP contribution < -0.4 is 5.32 Å². The molecule has 1 saturated carbocycles. The van der Waals surface area contributed by atoms with Crippen LogP contribution in [-0.2, 0) is 4.79 Å². The number of nitrogens with zero attached hydrogens (tertiary/aromatic N) is 1. The topological polar surface area (TPSA) is 69.6 Å². The average Bonchev–Trinajstić information content (AvgIpc) is 2.38. The molecule has 2 amide bonds. The number of carbonyl (C=O) groups excluding carboxylic acids is 1. The van der Waals surface area contributed by atoms with Crippen molar-refractivity contribution in [2.75, 3.05) is 13.1 Å². The molecule has 0 aliphatic heterocycles. The molecule has 19 heavy (non-hydrogen) atoms. The first kappa shape index (κ1) is 15.5. The minimum atomic E-state index is -1.10. The van der Waals surface area contributed by atoms with Crippen LogP contribution in [0.25, 0.3) is 0 Å². The van der Waals surface area contributed by atoms with Crippen molar-refractivity contribution in [2.24, 2.45) is 5.92 Å². The lowest BCUT2D eigenvalue weighted by Crippen LogP contribution is -2.59. The second-order valence-corrected chi connectivity index (χ2v) is 5.33. The Morgan fingerprint density at radius 2 is 2.05 bits per heavy atom. The van der Waals surface area contributed by atoms with Gasteiger partial charge in [0.1, 0.15) is 5.54 Å². The van der Waals surface area contributed by atoms with E-state index in [9.17, 15) is 14.7 Å². The summed E-state index contributed by atoms with van der Waals surface area (Å²) < 4.78 is 0. The highest BCUT2D eigenvalue weighted by atomic mass is 16.4. The fraction of sp³-hybridized carbons (Fsp3) is 0.714. The van der Waals surface area contributed by atoms with E-state index in [0.29, 0.717) is 31.8 Å². The maximum Gasteiger partial charge on any atom is 0.329 e. The molecule has 0 bridgehead atoms. The van der Waals surface area contributed by atoms with Crippen LogP contribution in [0.4, 0.5) is 4.79 Å². The van der Waals surface area contributed by atoms with Gasteiger partial charge in [-0.05, 0) is 38.5 Å². The second kappa shape index (κ2) is 6.59. The molecule has 1 aliphatic rings. The first-order valence-corrected chi connectivity index (χ1v) is 6.86. The van der Waals surface area contributed by atoms with E-state index in [1.54, 1.807) is 11.0 Å². The smallest absolute Gasteiger partial charge is 0.329 e. The van der Waals surface area contributed by atoms with Gasteiger partial charge in [-0.15, -0.1) is 6.58 Å². The lowest BCUT2D eigenvalue weighted by atomic mass is 9.77. The van der Waals surface area contributed by atoms with Gasteiger partial charge in [0.05, 0.1) is 0 Å². The summed E-state index contributed by atoms with van der Waals surface area (Å²) in [6, 6.07) is -0.320. The maximum atomic E-state index is 12.1. The highest BCUT2D eigenvalue weighted by molar-refractivity contribution is 5.86. The van der Waals surface area contributed by atoms with E-state index in [1.165, 1.54) is 0 Å². The van der Waals surface area contributed by atoms with Crippen molar-refractivity contribution in [1.29, 1.82) is 0 Å². The zero-order valence-electron chi connectivity index (χ0n) is 11.8. The van der Waals surface area contributed by atoms with Gasteiger partial charge in [-0.2, -0.15) is 0 Å². The molecular weight excluding hydrogens is 244 g/mol. The number of urea groups is 1. The minimum Gasteiger partial charge on any atom is -0.480 e. The standard InChI is InChI=1S/C14H24N2O3/c1-4-10-16(5-2)13(19)15-14(12(17)18)8-6-11(3)7-9-14/h4,11H,1,5-10H2,2-3H3,(H,15,19)(H,17,18). The maximum absolute atomic E-state index is 12.1. The van der Waals surface area contributed by atoms with Crippen LogP contribution in [0, 0.1) is 5.92 Å². The number of amides is 2. The van der Waals surface area contributed by atoms with E-state index >= 15 is 0 Å². The van der Waals surface area contributed by atoms with Gasteiger partial charge in [0.2, 0.25) is 0 Å². The zero-order chi connectivity index (χ0) is 14.5. The zero-order valence-corrected chi connectivity index (χ0v) is 11.8.